The molecule has 88 valence electrons. The van der Waals surface area contributed by atoms with Crippen LogP contribution in [0.5, 0.6) is 0 Å². The van der Waals surface area contributed by atoms with Gasteiger partial charge < -0.3 is 16.4 Å². The fraction of sp³-hybridized carbons (Fsp3) is 0.417. The molecule has 4 nitrogen and oxygen atoms in total. The van der Waals surface area contributed by atoms with Crippen LogP contribution in [-0.2, 0) is 13.1 Å². The van der Waals surface area contributed by atoms with Gasteiger partial charge in [-0.1, -0.05) is 31.2 Å². The third kappa shape index (κ3) is 3.90. The Hall–Kier alpha value is -1.55. The zero-order valence-electron chi connectivity index (χ0n) is 9.62. The van der Waals surface area contributed by atoms with Crippen LogP contribution in [0.1, 0.15) is 24.5 Å². The summed E-state index contributed by atoms with van der Waals surface area (Å²) < 4.78 is 0. The number of benzene rings is 1. The van der Waals surface area contributed by atoms with Crippen molar-refractivity contribution in [3.8, 4) is 0 Å². The first-order valence-corrected chi connectivity index (χ1v) is 5.56. The minimum Gasteiger partial charge on any atom is -0.338 e. The maximum absolute atomic E-state index is 11.3. The SMILES string of the molecule is CCCNC(=O)NCc1ccccc1CN. The molecule has 1 aromatic rings. The van der Waals surface area contributed by atoms with Crippen molar-refractivity contribution in [2.45, 2.75) is 26.4 Å². The molecule has 0 aromatic heterocycles. The molecule has 0 saturated heterocycles. The van der Waals surface area contributed by atoms with E-state index in [1.807, 2.05) is 31.2 Å². The fourth-order valence-electron chi connectivity index (χ4n) is 1.41. The second-order valence-electron chi connectivity index (χ2n) is 3.58. The van der Waals surface area contributed by atoms with E-state index in [1.165, 1.54) is 0 Å². The number of carbonyl (C=O) groups excluding carboxylic acids is 1. The molecule has 0 aliphatic rings. The molecule has 0 saturated carbocycles. The first-order valence-electron chi connectivity index (χ1n) is 5.56. The van der Waals surface area contributed by atoms with Gasteiger partial charge in [0.25, 0.3) is 0 Å². The van der Waals surface area contributed by atoms with Crippen LogP contribution < -0.4 is 16.4 Å². The monoisotopic (exact) mass is 221 g/mol. The number of nitrogens with two attached hydrogens (primary N) is 1. The Morgan fingerprint density at radius 3 is 2.56 bits per heavy atom. The highest BCUT2D eigenvalue weighted by Crippen LogP contribution is 2.06. The summed E-state index contributed by atoms with van der Waals surface area (Å²) in [4.78, 5) is 11.3. The lowest BCUT2D eigenvalue weighted by molar-refractivity contribution is 0.240. The second kappa shape index (κ2) is 6.85. The number of nitrogens with one attached hydrogen (secondary N) is 2. The molecule has 4 N–H and O–H groups in total. The minimum absolute atomic E-state index is 0.131. The van der Waals surface area contributed by atoms with Crippen molar-refractivity contribution in [3.05, 3.63) is 35.4 Å². The smallest absolute Gasteiger partial charge is 0.315 e. The van der Waals surface area contributed by atoms with Crippen molar-refractivity contribution in [1.82, 2.24) is 10.6 Å². The van der Waals surface area contributed by atoms with E-state index in [-0.39, 0.29) is 6.03 Å². The van der Waals surface area contributed by atoms with Gasteiger partial charge in [-0.25, -0.2) is 4.79 Å². The Kier molecular flexibility index (Phi) is 5.36. The lowest BCUT2D eigenvalue weighted by Crippen LogP contribution is -2.35. The molecule has 0 unspecified atom stereocenters. The number of carbonyl (C=O) groups is 1. The maximum atomic E-state index is 11.3. The Morgan fingerprint density at radius 1 is 1.25 bits per heavy atom. The third-order valence-corrected chi connectivity index (χ3v) is 2.31. The van der Waals surface area contributed by atoms with Crippen LogP contribution in [0, 0.1) is 0 Å². The molecule has 16 heavy (non-hydrogen) atoms. The van der Waals surface area contributed by atoms with Crippen molar-refractivity contribution in [1.29, 1.82) is 0 Å². The van der Waals surface area contributed by atoms with Crippen molar-refractivity contribution in [2.24, 2.45) is 5.73 Å². The molecule has 0 aliphatic carbocycles. The van der Waals surface area contributed by atoms with Crippen molar-refractivity contribution >= 4 is 6.03 Å². The first-order chi connectivity index (χ1) is 7.77. The van der Waals surface area contributed by atoms with Crippen LogP contribution in [0.3, 0.4) is 0 Å². The first kappa shape index (κ1) is 12.5. The molecular weight excluding hydrogens is 202 g/mol. The van der Waals surface area contributed by atoms with Crippen LogP contribution in [0.25, 0.3) is 0 Å². The predicted molar refractivity (Wildman–Crippen MR) is 64.9 cm³/mol. The highest BCUT2D eigenvalue weighted by Gasteiger charge is 2.02. The Morgan fingerprint density at radius 2 is 1.94 bits per heavy atom. The molecule has 0 radical (unpaired) electrons. The molecule has 0 bridgehead atoms. The molecule has 1 rings (SSSR count). The molecule has 0 fully saturated rings. The highest BCUT2D eigenvalue weighted by molar-refractivity contribution is 5.73. The summed E-state index contributed by atoms with van der Waals surface area (Å²) in [6.07, 6.45) is 0.937. The van der Waals surface area contributed by atoms with E-state index >= 15 is 0 Å². The molecule has 1 aromatic carbocycles. The van der Waals surface area contributed by atoms with Gasteiger partial charge in [-0.15, -0.1) is 0 Å². The van der Waals surface area contributed by atoms with E-state index in [1.54, 1.807) is 0 Å². The quantitative estimate of drug-likeness (QED) is 0.702. The zero-order valence-corrected chi connectivity index (χ0v) is 9.62. The Bertz CT molecular complexity index is 339. The summed E-state index contributed by atoms with van der Waals surface area (Å²) in [5, 5.41) is 5.56. The number of hydrogen-bond acceptors (Lipinski definition) is 2. The number of urea groups is 1. The summed E-state index contributed by atoms with van der Waals surface area (Å²) >= 11 is 0. The van der Waals surface area contributed by atoms with Crippen molar-refractivity contribution < 1.29 is 4.79 Å². The standard InChI is InChI=1S/C12H19N3O/c1-2-7-14-12(16)15-9-11-6-4-3-5-10(11)8-13/h3-6H,2,7-9,13H2,1H3,(H2,14,15,16). The molecule has 0 heterocycles. The van der Waals surface area contributed by atoms with Gasteiger partial charge in [-0.2, -0.15) is 0 Å². The van der Waals surface area contributed by atoms with Crippen LogP contribution in [-0.4, -0.2) is 12.6 Å². The van der Waals surface area contributed by atoms with Crippen LogP contribution >= 0.6 is 0 Å². The van der Waals surface area contributed by atoms with Crippen LogP contribution in [0.4, 0.5) is 4.79 Å². The van der Waals surface area contributed by atoms with E-state index in [2.05, 4.69) is 10.6 Å². The van der Waals surface area contributed by atoms with E-state index in [0.29, 0.717) is 19.6 Å². The van der Waals surface area contributed by atoms with Crippen molar-refractivity contribution in [3.63, 3.8) is 0 Å². The van der Waals surface area contributed by atoms with Gasteiger partial charge in [0, 0.05) is 19.6 Å². The Balaban J connectivity index is 2.44. The van der Waals surface area contributed by atoms with Gasteiger partial charge >= 0.3 is 6.03 Å². The lowest BCUT2D eigenvalue weighted by atomic mass is 10.1. The number of hydrogen-bond donors (Lipinski definition) is 3. The average Bonchev–Trinajstić information content (AvgIpc) is 2.34. The second-order valence-corrected chi connectivity index (χ2v) is 3.58. The molecule has 0 spiro atoms. The molecule has 4 heteroatoms. The van der Waals surface area contributed by atoms with E-state index in [0.717, 1.165) is 17.5 Å². The summed E-state index contributed by atoms with van der Waals surface area (Å²) in [6.45, 7) is 3.73. The van der Waals surface area contributed by atoms with Crippen molar-refractivity contribution in [2.75, 3.05) is 6.54 Å². The fourth-order valence-corrected chi connectivity index (χ4v) is 1.41. The Labute approximate surface area is 96.2 Å². The van der Waals surface area contributed by atoms with Gasteiger partial charge in [-0.3, -0.25) is 0 Å². The van der Waals surface area contributed by atoms with Crippen LogP contribution in [0.15, 0.2) is 24.3 Å². The van der Waals surface area contributed by atoms with Gasteiger partial charge in [0.05, 0.1) is 0 Å². The number of rotatable bonds is 5. The van der Waals surface area contributed by atoms with Crippen LogP contribution in [0.2, 0.25) is 0 Å². The van der Waals surface area contributed by atoms with Gasteiger partial charge in [0.15, 0.2) is 0 Å². The molecule has 2 amide bonds. The largest absolute Gasteiger partial charge is 0.338 e. The molecular formula is C12H19N3O. The van der Waals surface area contributed by atoms with Gasteiger partial charge in [0.2, 0.25) is 0 Å². The number of amides is 2. The summed E-state index contributed by atoms with van der Waals surface area (Å²) in [5.74, 6) is 0. The highest BCUT2D eigenvalue weighted by atomic mass is 16.2. The topological polar surface area (TPSA) is 67.2 Å². The minimum atomic E-state index is -0.131. The summed E-state index contributed by atoms with van der Waals surface area (Å²) in [5.41, 5.74) is 7.74. The average molecular weight is 221 g/mol. The summed E-state index contributed by atoms with van der Waals surface area (Å²) in [7, 11) is 0. The normalized spacial score (nSPS) is 9.88. The summed E-state index contributed by atoms with van der Waals surface area (Å²) in [6, 6.07) is 7.71. The van der Waals surface area contributed by atoms with E-state index < -0.39 is 0 Å². The van der Waals surface area contributed by atoms with E-state index in [4.69, 9.17) is 5.73 Å². The maximum Gasteiger partial charge on any atom is 0.315 e. The van der Waals surface area contributed by atoms with Gasteiger partial charge in [-0.05, 0) is 17.5 Å². The van der Waals surface area contributed by atoms with E-state index in [9.17, 15) is 4.79 Å². The predicted octanol–water partition coefficient (Wildman–Crippen LogP) is 1.35. The third-order valence-electron chi connectivity index (χ3n) is 2.31. The zero-order chi connectivity index (χ0) is 11.8. The lowest BCUT2D eigenvalue weighted by Gasteiger charge is -2.09. The van der Waals surface area contributed by atoms with Gasteiger partial charge in [0.1, 0.15) is 0 Å². The molecule has 0 atom stereocenters. The molecule has 0 aliphatic heterocycles.